The van der Waals surface area contributed by atoms with Crippen LogP contribution in [0.2, 0.25) is 0 Å². The minimum atomic E-state index is -0.207. The molecule has 0 saturated carbocycles. The Morgan fingerprint density at radius 1 is 0.857 bits per heavy atom. The molecule has 0 spiro atoms. The van der Waals surface area contributed by atoms with Gasteiger partial charge < -0.3 is 14.2 Å². The number of hydrazine groups is 1. The molecule has 1 atom stereocenters. The van der Waals surface area contributed by atoms with Gasteiger partial charge in [0.15, 0.2) is 11.5 Å². The summed E-state index contributed by atoms with van der Waals surface area (Å²) in [4.78, 5) is 0. The van der Waals surface area contributed by atoms with Gasteiger partial charge in [-0.1, -0.05) is 30.3 Å². The lowest BCUT2D eigenvalue weighted by Gasteiger charge is -2.22. The zero-order valence-corrected chi connectivity index (χ0v) is 12.4. The van der Waals surface area contributed by atoms with Gasteiger partial charge in [-0.15, -0.1) is 0 Å². The van der Waals surface area contributed by atoms with Crippen molar-refractivity contribution in [2.75, 3.05) is 21.3 Å². The molecule has 0 aliphatic carbocycles. The minimum absolute atomic E-state index is 0.207. The second kappa shape index (κ2) is 6.97. The van der Waals surface area contributed by atoms with Crippen molar-refractivity contribution in [2.24, 2.45) is 5.84 Å². The molecule has 0 aliphatic heterocycles. The first kappa shape index (κ1) is 15.2. The van der Waals surface area contributed by atoms with Gasteiger partial charge >= 0.3 is 0 Å². The highest BCUT2D eigenvalue weighted by Crippen LogP contribution is 2.43. The summed E-state index contributed by atoms with van der Waals surface area (Å²) >= 11 is 0. The summed E-state index contributed by atoms with van der Waals surface area (Å²) in [6.45, 7) is 0. The SMILES string of the molecule is COc1ccc(C(NN)c2ccccc2)c(OC)c1OC. The molecule has 0 amide bonds. The standard InChI is InChI=1S/C16H20N2O3/c1-19-13-10-9-12(15(20-2)16(13)21-3)14(18-17)11-7-5-4-6-8-11/h4-10,14,18H,17H2,1-3H3. The van der Waals surface area contributed by atoms with Crippen molar-refractivity contribution < 1.29 is 14.2 Å². The molecular formula is C16H20N2O3. The second-order valence-electron chi connectivity index (χ2n) is 4.43. The van der Waals surface area contributed by atoms with Gasteiger partial charge in [-0.05, 0) is 17.7 Å². The summed E-state index contributed by atoms with van der Waals surface area (Å²) in [5.41, 5.74) is 4.73. The van der Waals surface area contributed by atoms with Crippen LogP contribution in [0.25, 0.3) is 0 Å². The molecule has 2 rings (SSSR count). The summed E-state index contributed by atoms with van der Waals surface area (Å²) in [5, 5.41) is 0. The molecule has 1 unspecified atom stereocenters. The Labute approximate surface area is 124 Å². The van der Waals surface area contributed by atoms with E-state index in [1.165, 1.54) is 0 Å². The van der Waals surface area contributed by atoms with Crippen LogP contribution in [-0.4, -0.2) is 21.3 Å². The van der Waals surface area contributed by atoms with Crippen molar-refractivity contribution in [3.63, 3.8) is 0 Å². The predicted molar refractivity (Wildman–Crippen MR) is 81.7 cm³/mol. The maximum atomic E-state index is 5.74. The lowest BCUT2D eigenvalue weighted by Crippen LogP contribution is -2.29. The molecule has 0 bridgehead atoms. The molecule has 0 aliphatic rings. The fourth-order valence-electron chi connectivity index (χ4n) is 2.36. The molecule has 0 fully saturated rings. The van der Waals surface area contributed by atoms with E-state index in [1.807, 2.05) is 42.5 Å². The van der Waals surface area contributed by atoms with E-state index in [0.717, 1.165) is 11.1 Å². The van der Waals surface area contributed by atoms with Gasteiger partial charge in [0.1, 0.15) is 0 Å². The molecule has 2 aromatic carbocycles. The van der Waals surface area contributed by atoms with Gasteiger partial charge in [-0.2, -0.15) is 0 Å². The number of ether oxygens (including phenoxy) is 3. The van der Waals surface area contributed by atoms with Crippen LogP contribution in [0, 0.1) is 0 Å². The summed E-state index contributed by atoms with van der Waals surface area (Å²) in [6, 6.07) is 13.4. The Morgan fingerprint density at radius 3 is 2.05 bits per heavy atom. The van der Waals surface area contributed by atoms with Crippen LogP contribution in [0.4, 0.5) is 0 Å². The van der Waals surface area contributed by atoms with Crippen molar-refractivity contribution in [1.82, 2.24) is 5.43 Å². The molecular weight excluding hydrogens is 268 g/mol. The highest BCUT2D eigenvalue weighted by Gasteiger charge is 2.22. The lowest BCUT2D eigenvalue weighted by molar-refractivity contribution is 0.320. The molecule has 5 heteroatoms. The quantitative estimate of drug-likeness (QED) is 0.630. The maximum absolute atomic E-state index is 5.74. The van der Waals surface area contributed by atoms with Crippen molar-refractivity contribution in [3.05, 3.63) is 53.6 Å². The van der Waals surface area contributed by atoms with Crippen LogP contribution in [0.1, 0.15) is 17.2 Å². The third-order valence-electron chi connectivity index (χ3n) is 3.35. The van der Waals surface area contributed by atoms with E-state index in [2.05, 4.69) is 5.43 Å². The molecule has 5 nitrogen and oxygen atoms in total. The van der Waals surface area contributed by atoms with E-state index < -0.39 is 0 Å². The first-order chi connectivity index (χ1) is 10.3. The number of methoxy groups -OCH3 is 3. The monoisotopic (exact) mass is 288 g/mol. The van der Waals surface area contributed by atoms with Crippen LogP contribution in [0.3, 0.4) is 0 Å². The number of hydrogen-bond acceptors (Lipinski definition) is 5. The smallest absolute Gasteiger partial charge is 0.203 e. The van der Waals surface area contributed by atoms with E-state index in [9.17, 15) is 0 Å². The Bertz CT molecular complexity index is 588. The molecule has 3 N–H and O–H groups in total. The van der Waals surface area contributed by atoms with E-state index >= 15 is 0 Å². The van der Waals surface area contributed by atoms with Crippen LogP contribution in [0.15, 0.2) is 42.5 Å². The summed E-state index contributed by atoms with van der Waals surface area (Å²) in [7, 11) is 4.77. The number of hydrogen-bond donors (Lipinski definition) is 2. The van der Waals surface area contributed by atoms with Gasteiger partial charge in [-0.3, -0.25) is 5.84 Å². The molecule has 0 saturated heterocycles. The highest BCUT2D eigenvalue weighted by molar-refractivity contribution is 5.58. The maximum Gasteiger partial charge on any atom is 0.203 e. The van der Waals surface area contributed by atoms with Gasteiger partial charge in [0.05, 0.1) is 27.4 Å². The van der Waals surface area contributed by atoms with Crippen molar-refractivity contribution in [2.45, 2.75) is 6.04 Å². The van der Waals surface area contributed by atoms with Crippen LogP contribution >= 0.6 is 0 Å². The lowest BCUT2D eigenvalue weighted by atomic mass is 9.98. The van der Waals surface area contributed by atoms with Crippen molar-refractivity contribution in [1.29, 1.82) is 0 Å². The van der Waals surface area contributed by atoms with Crippen LogP contribution < -0.4 is 25.5 Å². The van der Waals surface area contributed by atoms with Gasteiger partial charge in [0, 0.05) is 5.56 Å². The predicted octanol–water partition coefficient (Wildman–Crippen LogP) is 2.27. The van der Waals surface area contributed by atoms with E-state index in [1.54, 1.807) is 21.3 Å². The number of rotatable bonds is 6. The molecule has 0 aromatic heterocycles. The second-order valence-corrected chi connectivity index (χ2v) is 4.43. The molecule has 2 aromatic rings. The number of nitrogens with one attached hydrogen (secondary N) is 1. The number of nitrogens with two attached hydrogens (primary N) is 1. The third-order valence-corrected chi connectivity index (χ3v) is 3.35. The average Bonchev–Trinajstić information content (AvgIpc) is 2.55. The zero-order valence-electron chi connectivity index (χ0n) is 12.4. The molecule has 0 heterocycles. The zero-order chi connectivity index (χ0) is 15.2. The summed E-state index contributed by atoms with van der Waals surface area (Å²) in [6.07, 6.45) is 0. The van der Waals surface area contributed by atoms with Gasteiger partial charge in [-0.25, -0.2) is 5.43 Å². The van der Waals surface area contributed by atoms with Gasteiger partial charge in [0.2, 0.25) is 5.75 Å². The third kappa shape index (κ3) is 2.94. The normalized spacial score (nSPS) is 11.8. The minimum Gasteiger partial charge on any atom is -0.493 e. The Morgan fingerprint density at radius 2 is 1.52 bits per heavy atom. The van der Waals surface area contributed by atoms with E-state index in [-0.39, 0.29) is 6.04 Å². The first-order valence-electron chi connectivity index (χ1n) is 6.56. The Balaban J connectivity index is 2.56. The van der Waals surface area contributed by atoms with Crippen LogP contribution in [-0.2, 0) is 0 Å². The van der Waals surface area contributed by atoms with Gasteiger partial charge in [0.25, 0.3) is 0 Å². The van der Waals surface area contributed by atoms with Crippen molar-refractivity contribution in [3.8, 4) is 17.2 Å². The summed E-state index contributed by atoms with van der Waals surface area (Å²) < 4.78 is 16.2. The average molecular weight is 288 g/mol. The topological polar surface area (TPSA) is 65.7 Å². The van der Waals surface area contributed by atoms with E-state index in [0.29, 0.717) is 17.2 Å². The van der Waals surface area contributed by atoms with E-state index in [4.69, 9.17) is 20.1 Å². The molecule has 0 radical (unpaired) electrons. The van der Waals surface area contributed by atoms with Crippen molar-refractivity contribution >= 4 is 0 Å². The Kier molecular flexibility index (Phi) is 5.03. The molecule has 21 heavy (non-hydrogen) atoms. The largest absolute Gasteiger partial charge is 0.493 e. The number of benzene rings is 2. The Hall–Kier alpha value is -2.24. The fraction of sp³-hybridized carbons (Fsp3) is 0.250. The summed E-state index contributed by atoms with van der Waals surface area (Å²) in [5.74, 6) is 7.51. The highest BCUT2D eigenvalue weighted by atomic mass is 16.5. The fourth-order valence-corrected chi connectivity index (χ4v) is 2.36. The molecule has 112 valence electrons. The first-order valence-corrected chi connectivity index (χ1v) is 6.56. The van der Waals surface area contributed by atoms with Crippen LogP contribution in [0.5, 0.6) is 17.2 Å².